The number of carbonyl (C=O) groups excluding carboxylic acids is 1. The number of benzene rings is 2. The Balaban J connectivity index is 1.48. The van der Waals surface area contributed by atoms with E-state index in [1.165, 1.54) is 16.4 Å². The highest BCUT2D eigenvalue weighted by molar-refractivity contribution is 7.89. The predicted octanol–water partition coefficient (Wildman–Crippen LogP) is 3.21. The maximum atomic E-state index is 13.1. The number of nitrogens with zero attached hydrogens (tertiary/aromatic N) is 2. The molecule has 0 spiro atoms. The van der Waals surface area contributed by atoms with Crippen LogP contribution in [0, 0.1) is 0 Å². The minimum Gasteiger partial charge on any atom is -0.379 e. The van der Waals surface area contributed by atoms with Crippen LogP contribution in [0.5, 0.6) is 0 Å². The number of ether oxygens (including phenoxy) is 1. The molecule has 2 heterocycles. The van der Waals surface area contributed by atoms with Crippen molar-refractivity contribution in [2.75, 3.05) is 32.8 Å². The quantitative estimate of drug-likeness (QED) is 0.704. The van der Waals surface area contributed by atoms with E-state index in [1.54, 1.807) is 12.1 Å². The van der Waals surface area contributed by atoms with Crippen LogP contribution in [0.4, 0.5) is 0 Å². The van der Waals surface area contributed by atoms with Gasteiger partial charge in [0.1, 0.15) is 0 Å². The van der Waals surface area contributed by atoms with Gasteiger partial charge in [-0.1, -0.05) is 29.8 Å². The summed E-state index contributed by atoms with van der Waals surface area (Å²) < 4.78 is 32.2. The molecular weight excluding hydrogens is 424 g/mol. The fraction of sp³-hybridized carbons (Fsp3) is 0.409. The first kappa shape index (κ1) is 21.3. The molecule has 0 aromatic heterocycles. The van der Waals surface area contributed by atoms with Crippen molar-refractivity contribution in [1.29, 1.82) is 0 Å². The molecule has 1 unspecified atom stereocenters. The Morgan fingerprint density at radius 2 is 1.73 bits per heavy atom. The fourth-order valence-electron chi connectivity index (χ4n) is 4.10. The third-order valence-electron chi connectivity index (χ3n) is 5.76. The maximum absolute atomic E-state index is 13.1. The van der Waals surface area contributed by atoms with E-state index in [0.29, 0.717) is 38.4 Å². The maximum Gasteiger partial charge on any atom is 0.254 e. The van der Waals surface area contributed by atoms with Crippen molar-refractivity contribution in [2.24, 2.45) is 0 Å². The molecule has 0 bridgehead atoms. The molecule has 30 heavy (non-hydrogen) atoms. The second-order valence-corrected chi connectivity index (χ2v) is 9.98. The second kappa shape index (κ2) is 9.06. The van der Waals surface area contributed by atoms with Crippen molar-refractivity contribution in [3.63, 3.8) is 0 Å². The van der Waals surface area contributed by atoms with E-state index in [2.05, 4.69) is 0 Å². The fourth-order valence-corrected chi connectivity index (χ4v) is 5.73. The van der Waals surface area contributed by atoms with Crippen LogP contribution in [0.1, 0.15) is 28.8 Å². The van der Waals surface area contributed by atoms with Gasteiger partial charge in [-0.25, -0.2) is 8.42 Å². The van der Waals surface area contributed by atoms with E-state index in [9.17, 15) is 13.2 Å². The molecule has 2 saturated heterocycles. The molecule has 0 aliphatic carbocycles. The summed E-state index contributed by atoms with van der Waals surface area (Å²) in [5, 5.41) is 0.717. The van der Waals surface area contributed by atoms with Gasteiger partial charge >= 0.3 is 0 Å². The van der Waals surface area contributed by atoms with Gasteiger partial charge in [0.25, 0.3) is 5.91 Å². The standard InChI is InChI=1S/C22H25ClN2O4S/c23-21-6-2-1-4-18(21)16-19-5-3-11-25(19)22(26)17-7-9-20(10-8-17)30(27,28)24-12-14-29-15-13-24/h1-2,4,6-10,19H,3,5,11-16H2. The molecule has 2 aliphatic rings. The van der Waals surface area contributed by atoms with E-state index >= 15 is 0 Å². The molecule has 4 rings (SSSR count). The Hall–Kier alpha value is -1.93. The van der Waals surface area contributed by atoms with E-state index in [4.69, 9.17) is 16.3 Å². The summed E-state index contributed by atoms with van der Waals surface area (Å²) in [7, 11) is -3.57. The predicted molar refractivity (Wildman–Crippen MR) is 115 cm³/mol. The Kier molecular flexibility index (Phi) is 6.43. The molecule has 2 aliphatic heterocycles. The van der Waals surface area contributed by atoms with Crippen molar-refractivity contribution in [1.82, 2.24) is 9.21 Å². The van der Waals surface area contributed by atoms with Crippen LogP contribution in [0.15, 0.2) is 53.4 Å². The van der Waals surface area contributed by atoms with Gasteiger partial charge in [-0.3, -0.25) is 4.79 Å². The smallest absolute Gasteiger partial charge is 0.254 e. The normalized spacial score (nSPS) is 20.4. The third kappa shape index (κ3) is 4.39. The van der Waals surface area contributed by atoms with Gasteiger partial charge in [-0.05, 0) is 55.2 Å². The van der Waals surface area contributed by atoms with Crippen molar-refractivity contribution < 1.29 is 17.9 Å². The van der Waals surface area contributed by atoms with Crippen molar-refractivity contribution in [3.05, 3.63) is 64.7 Å². The summed E-state index contributed by atoms with van der Waals surface area (Å²) in [6, 6.07) is 14.1. The van der Waals surface area contributed by atoms with E-state index < -0.39 is 10.0 Å². The van der Waals surface area contributed by atoms with E-state index in [1.807, 2.05) is 29.2 Å². The summed E-state index contributed by atoms with van der Waals surface area (Å²) in [6.45, 7) is 2.19. The first-order valence-electron chi connectivity index (χ1n) is 10.2. The van der Waals surface area contributed by atoms with Gasteiger partial charge in [0.15, 0.2) is 0 Å². The van der Waals surface area contributed by atoms with Gasteiger partial charge in [0.05, 0.1) is 18.1 Å². The highest BCUT2D eigenvalue weighted by atomic mass is 35.5. The van der Waals surface area contributed by atoms with Crippen molar-refractivity contribution in [3.8, 4) is 0 Å². The molecule has 1 atom stereocenters. The van der Waals surface area contributed by atoms with Crippen molar-refractivity contribution >= 4 is 27.5 Å². The molecular formula is C22H25ClN2O4S. The molecule has 0 N–H and O–H groups in total. The summed E-state index contributed by atoms with van der Waals surface area (Å²) >= 11 is 6.30. The number of hydrogen-bond donors (Lipinski definition) is 0. The largest absolute Gasteiger partial charge is 0.379 e. The lowest BCUT2D eigenvalue weighted by molar-refractivity contribution is 0.0730. The number of sulfonamides is 1. The highest BCUT2D eigenvalue weighted by Crippen LogP contribution is 2.27. The van der Waals surface area contributed by atoms with Gasteiger partial charge < -0.3 is 9.64 Å². The summed E-state index contributed by atoms with van der Waals surface area (Å²) in [4.78, 5) is 15.2. The zero-order valence-corrected chi connectivity index (χ0v) is 18.2. The van der Waals surface area contributed by atoms with Crippen LogP contribution in [-0.2, 0) is 21.2 Å². The molecule has 1 amide bonds. The van der Waals surface area contributed by atoms with Crippen LogP contribution >= 0.6 is 11.6 Å². The average Bonchev–Trinajstić information content (AvgIpc) is 3.24. The van der Waals surface area contributed by atoms with Crippen LogP contribution in [0.25, 0.3) is 0 Å². The number of morpholine rings is 1. The minimum absolute atomic E-state index is 0.0696. The zero-order chi connectivity index (χ0) is 21.1. The number of likely N-dealkylation sites (tertiary alicyclic amines) is 1. The Morgan fingerprint density at radius 3 is 2.43 bits per heavy atom. The molecule has 2 fully saturated rings. The number of carbonyl (C=O) groups is 1. The number of amides is 1. The lowest BCUT2D eigenvalue weighted by Gasteiger charge is -2.27. The SMILES string of the molecule is O=C(c1ccc(S(=O)(=O)N2CCOCC2)cc1)N1CCCC1Cc1ccccc1Cl. The molecule has 2 aromatic rings. The first-order valence-corrected chi connectivity index (χ1v) is 12.0. The first-order chi connectivity index (χ1) is 14.5. The van der Waals surface area contributed by atoms with E-state index in [-0.39, 0.29) is 16.8 Å². The number of rotatable bonds is 5. The molecule has 160 valence electrons. The second-order valence-electron chi connectivity index (χ2n) is 7.63. The Morgan fingerprint density at radius 1 is 1.03 bits per heavy atom. The molecule has 8 heteroatoms. The summed E-state index contributed by atoms with van der Waals surface area (Å²) in [5.74, 6) is -0.0696. The van der Waals surface area contributed by atoms with Gasteiger partial charge in [0, 0.05) is 36.3 Å². The lowest BCUT2D eigenvalue weighted by Crippen LogP contribution is -2.40. The number of hydrogen-bond acceptors (Lipinski definition) is 4. The summed E-state index contributed by atoms with van der Waals surface area (Å²) in [6.07, 6.45) is 2.60. The molecule has 0 radical (unpaired) electrons. The highest BCUT2D eigenvalue weighted by Gasteiger charge is 2.31. The molecule has 2 aromatic carbocycles. The summed E-state index contributed by atoms with van der Waals surface area (Å²) in [5.41, 5.74) is 1.54. The van der Waals surface area contributed by atoms with E-state index in [0.717, 1.165) is 29.8 Å². The Bertz CT molecular complexity index is 1000. The van der Waals surface area contributed by atoms with Crippen LogP contribution in [0.2, 0.25) is 5.02 Å². The van der Waals surface area contributed by atoms with Gasteiger partial charge in [-0.15, -0.1) is 0 Å². The Labute approximate surface area is 182 Å². The third-order valence-corrected chi connectivity index (χ3v) is 8.04. The van der Waals surface area contributed by atoms with Crippen LogP contribution in [-0.4, -0.2) is 62.4 Å². The average molecular weight is 449 g/mol. The number of halogens is 1. The van der Waals surface area contributed by atoms with Crippen LogP contribution in [0.3, 0.4) is 0 Å². The van der Waals surface area contributed by atoms with Gasteiger partial charge in [0.2, 0.25) is 10.0 Å². The zero-order valence-electron chi connectivity index (χ0n) is 16.7. The molecule has 0 saturated carbocycles. The molecule has 6 nitrogen and oxygen atoms in total. The lowest BCUT2D eigenvalue weighted by atomic mass is 10.0. The van der Waals surface area contributed by atoms with Gasteiger partial charge in [-0.2, -0.15) is 4.31 Å². The monoisotopic (exact) mass is 448 g/mol. The van der Waals surface area contributed by atoms with Crippen LogP contribution < -0.4 is 0 Å². The van der Waals surface area contributed by atoms with Crippen molar-refractivity contribution in [2.45, 2.75) is 30.2 Å². The topological polar surface area (TPSA) is 66.9 Å². The minimum atomic E-state index is -3.57.